The topological polar surface area (TPSA) is 18.5 Å². The molecule has 0 aromatic rings. The molecule has 2 nitrogen and oxygen atoms in total. The fourth-order valence-electron chi connectivity index (χ4n) is 1.39. The third kappa shape index (κ3) is 3.21. The van der Waals surface area contributed by atoms with E-state index in [1.165, 1.54) is 6.42 Å². The summed E-state index contributed by atoms with van der Waals surface area (Å²) in [7, 11) is 0. The summed E-state index contributed by atoms with van der Waals surface area (Å²) in [4.78, 5) is 0. The van der Waals surface area contributed by atoms with Crippen molar-refractivity contribution in [3.8, 4) is 0 Å². The van der Waals surface area contributed by atoms with Crippen LogP contribution in [0.3, 0.4) is 0 Å². The smallest absolute Gasteiger partial charge is 0.158 e. The van der Waals surface area contributed by atoms with E-state index in [0.29, 0.717) is 6.10 Å². The van der Waals surface area contributed by atoms with Crippen LogP contribution in [0.25, 0.3) is 0 Å². The van der Waals surface area contributed by atoms with E-state index in [9.17, 15) is 0 Å². The fourth-order valence-corrected chi connectivity index (χ4v) is 1.39. The maximum absolute atomic E-state index is 5.63. The van der Waals surface area contributed by atoms with Crippen LogP contribution in [0.5, 0.6) is 0 Å². The Labute approximate surface area is 68.9 Å². The van der Waals surface area contributed by atoms with Crippen molar-refractivity contribution in [1.29, 1.82) is 0 Å². The van der Waals surface area contributed by atoms with Gasteiger partial charge in [0.1, 0.15) is 0 Å². The average molecular weight is 158 g/mol. The minimum atomic E-state index is 0.0940. The van der Waals surface area contributed by atoms with Gasteiger partial charge in [0, 0.05) is 13.0 Å². The number of ether oxygens (including phenoxy) is 2. The van der Waals surface area contributed by atoms with Crippen LogP contribution in [0, 0.1) is 0 Å². The minimum Gasteiger partial charge on any atom is -0.353 e. The van der Waals surface area contributed by atoms with Gasteiger partial charge < -0.3 is 9.47 Å². The summed E-state index contributed by atoms with van der Waals surface area (Å²) in [6, 6.07) is 0. The zero-order chi connectivity index (χ0) is 8.10. The van der Waals surface area contributed by atoms with Crippen molar-refractivity contribution >= 4 is 0 Å². The number of hydrogen-bond donors (Lipinski definition) is 0. The molecule has 2 heteroatoms. The highest BCUT2D eigenvalue weighted by atomic mass is 16.7. The van der Waals surface area contributed by atoms with Gasteiger partial charge in [-0.05, 0) is 19.8 Å². The second kappa shape index (κ2) is 4.73. The number of rotatable bonds is 4. The first-order valence-corrected chi connectivity index (χ1v) is 4.60. The number of hydrogen-bond acceptors (Lipinski definition) is 2. The molecule has 1 aliphatic heterocycles. The van der Waals surface area contributed by atoms with Crippen LogP contribution >= 0.6 is 0 Å². The fraction of sp³-hybridized carbons (Fsp3) is 1.00. The summed E-state index contributed by atoms with van der Waals surface area (Å²) in [5.74, 6) is 0. The van der Waals surface area contributed by atoms with Crippen molar-refractivity contribution < 1.29 is 9.47 Å². The van der Waals surface area contributed by atoms with Gasteiger partial charge in [-0.15, -0.1) is 0 Å². The standard InChI is InChI=1S/C9H18O2/c1-3-5-8(2)11-9-6-4-7-10-9/h8-9H,3-7H2,1-2H3. The zero-order valence-corrected chi connectivity index (χ0v) is 7.51. The van der Waals surface area contributed by atoms with E-state index in [-0.39, 0.29) is 6.29 Å². The Morgan fingerprint density at radius 2 is 2.45 bits per heavy atom. The van der Waals surface area contributed by atoms with Gasteiger partial charge in [-0.25, -0.2) is 0 Å². The molecular formula is C9H18O2. The van der Waals surface area contributed by atoms with E-state index in [1.54, 1.807) is 0 Å². The van der Waals surface area contributed by atoms with Crippen LogP contribution in [0.4, 0.5) is 0 Å². The molecule has 0 N–H and O–H groups in total. The molecule has 0 aromatic carbocycles. The predicted octanol–water partition coefficient (Wildman–Crippen LogP) is 2.33. The maximum Gasteiger partial charge on any atom is 0.158 e. The average Bonchev–Trinajstić information content (AvgIpc) is 2.40. The lowest BCUT2D eigenvalue weighted by Gasteiger charge is -2.16. The molecule has 1 saturated heterocycles. The van der Waals surface area contributed by atoms with Crippen molar-refractivity contribution in [2.24, 2.45) is 0 Å². The van der Waals surface area contributed by atoms with Crippen LogP contribution < -0.4 is 0 Å². The molecule has 2 unspecified atom stereocenters. The summed E-state index contributed by atoms with van der Waals surface area (Å²) in [6.45, 7) is 5.17. The minimum absolute atomic E-state index is 0.0940. The highest BCUT2D eigenvalue weighted by Crippen LogP contribution is 2.16. The van der Waals surface area contributed by atoms with Gasteiger partial charge in [0.05, 0.1) is 6.10 Å². The molecule has 0 bridgehead atoms. The van der Waals surface area contributed by atoms with Crippen molar-refractivity contribution in [1.82, 2.24) is 0 Å². The van der Waals surface area contributed by atoms with Crippen LogP contribution in [0.15, 0.2) is 0 Å². The van der Waals surface area contributed by atoms with Crippen LogP contribution in [-0.4, -0.2) is 19.0 Å². The molecule has 0 saturated carbocycles. The predicted molar refractivity (Wildman–Crippen MR) is 44.4 cm³/mol. The van der Waals surface area contributed by atoms with Crippen molar-refractivity contribution in [3.63, 3.8) is 0 Å². The van der Waals surface area contributed by atoms with Crippen molar-refractivity contribution in [2.75, 3.05) is 6.61 Å². The van der Waals surface area contributed by atoms with Gasteiger partial charge in [0.25, 0.3) is 0 Å². The van der Waals surface area contributed by atoms with Gasteiger partial charge in [0.2, 0.25) is 0 Å². The summed E-state index contributed by atoms with van der Waals surface area (Å²) < 4.78 is 11.0. The molecule has 66 valence electrons. The Morgan fingerprint density at radius 1 is 1.64 bits per heavy atom. The van der Waals surface area contributed by atoms with Gasteiger partial charge >= 0.3 is 0 Å². The van der Waals surface area contributed by atoms with Gasteiger partial charge in [-0.3, -0.25) is 0 Å². The Morgan fingerprint density at radius 3 is 3.00 bits per heavy atom. The second-order valence-corrected chi connectivity index (χ2v) is 3.18. The van der Waals surface area contributed by atoms with E-state index in [4.69, 9.17) is 9.47 Å². The Balaban J connectivity index is 2.08. The summed E-state index contributed by atoms with van der Waals surface area (Å²) in [5, 5.41) is 0. The molecule has 0 aliphatic carbocycles. The maximum atomic E-state index is 5.63. The summed E-state index contributed by atoms with van der Waals surface area (Å²) in [6.07, 6.45) is 5.02. The quantitative estimate of drug-likeness (QED) is 0.625. The molecule has 0 radical (unpaired) electrons. The lowest BCUT2D eigenvalue weighted by molar-refractivity contribution is -0.140. The SMILES string of the molecule is CCCC(C)OC1CCCO1. The summed E-state index contributed by atoms with van der Waals surface area (Å²) in [5.41, 5.74) is 0. The van der Waals surface area contributed by atoms with E-state index in [1.807, 2.05) is 0 Å². The van der Waals surface area contributed by atoms with E-state index in [2.05, 4.69) is 13.8 Å². The Bertz CT molecular complexity index is 97.7. The van der Waals surface area contributed by atoms with Gasteiger partial charge in [-0.1, -0.05) is 13.3 Å². The van der Waals surface area contributed by atoms with Crippen LogP contribution in [0.2, 0.25) is 0 Å². The molecule has 1 rings (SSSR count). The molecule has 1 fully saturated rings. The first kappa shape index (κ1) is 9.01. The highest BCUT2D eigenvalue weighted by Gasteiger charge is 2.17. The second-order valence-electron chi connectivity index (χ2n) is 3.18. The zero-order valence-electron chi connectivity index (χ0n) is 7.51. The molecule has 0 aromatic heterocycles. The first-order chi connectivity index (χ1) is 5.33. The van der Waals surface area contributed by atoms with E-state index < -0.39 is 0 Å². The molecule has 2 atom stereocenters. The molecule has 0 spiro atoms. The highest BCUT2D eigenvalue weighted by molar-refractivity contribution is 4.57. The summed E-state index contributed by atoms with van der Waals surface area (Å²) >= 11 is 0. The lowest BCUT2D eigenvalue weighted by Crippen LogP contribution is -2.18. The monoisotopic (exact) mass is 158 g/mol. The molecular weight excluding hydrogens is 140 g/mol. The van der Waals surface area contributed by atoms with Crippen LogP contribution in [-0.2, 0) is 9.47 Å². The Kier molecular flexibility index (Phi) is 3.87. The molecule has 1 aliphatic rings. The van der Waals surface area contributed by atoms with E-state index >= 15 is 0 Å². The third-order valence-corrected chi connectivity index (χ3v) is 1.97. The van der Waals surface area contributed by atoms with E-state index in [0.717, 1.165) is 25.9 Å². The van der Waals surface area contributed by atoms with Gasteiger partial charge in [-0.2, -0.15) is 0 Å². The Hall–Kier alpha value is -0.0800. The van der Waals surface area contributed by atoms with Gasteiger partial charge in [0.15, 0.2) is 6.29 Å². The largest absolute Gasteiger partial charge is 0.353 e. The first-order valence-electron chi connectivity index (χ1n) is 4.60. The van der Waals surface area contributed by atoms with Crippen LogP contribution in [0.1, 0.15) is 39.5 Å². The normalized spacial score (nSPS) is 27.3. The van der Waals surface area contributed by atoms with Crippen molar-refractivity contribution in [3.05, 3.63) is 0 Å². The third-order valence-electron chi connectivity index (χ3n) is 1.97. The molecule has 0 amide bonds. The van der Waals surface area contributed by atoms with Crippen molar-refractivity contribution in [2.45, 2.75) is 51.9 Å². The molecule has 11 heavy (non-hydrogen) atoms. The lowest BCUT2D eigenvalue weighted by atomic mass is 10.2. The molecule has 1 heterocycles.